The van der Waals surface area contributed by atoms with Crippen molar-refractivity contribution < 1.29 is 4.79 Å². The van der Waals surface area contributed by atoms with E-state index >= 15 is 0 Å². The number of carbonyl (C=O) groups is 1. The highest BCUT2D eigenvalue weighted by atomic mass is 35.5. The molecule has 3 nitrogen and oxygen atoms in total. The second-order valence-corrected chi connectivity index (χ2v) is 4.07. The minimum Gasteiger partial charge on any atom is -0.337 e. The summed E-state index contributed by atoms with van der Waals surface area (Å²) in [6.07, 6.45) is 3.32. The largest absolute Gasteiger partial charge is 0.337 e. The Morgan fingerprint density at radius 1 is 1.50 bits per heavy atom. The maximum absolute atomic E-state index is 11.8. The zero-order valence-corrected chi connectivity index (χ0v) is 9.48. The number of rotatable bonds is 2. The van der Waals surface area contributed by atoms with Crippen molar-refractivity contribution >= 4 is 18.3 Å². The summed E-state index contributed by atoms with van der Waals surface area (Å²) in [4.78, 5) is 13.9. The van der Waals surface area contributed by atoms with E-state index in [9.17, 15) is 4.79 Å². The lowest BCUT2D eigenvalue weighted by Crippen LogP contribution is -2.53. The molecule has 2 aliphatic rings. The Labute approximate surface area is 91.6 Å². The fourth-order valence-corrected chi connectivity index (χ4v) is 1.98. The van der Waals surface area contributed by atoms with Crippen molar-refractivity contribution in [2.75, 3.05) is 19.6 Å². The van der Waals surface area contributed by atoms with Crippen molar-refractivity contribution in [1.29, 1.82) is 0 Å². The molecule has 0 aromatic heterocycles. The van der Waals surface area contributed by atoms with Gasteiger partial charge in [0.05, 0.1) is 0 Å². The zero-order chi connectivity index (χ0) is 9.26. The molecule has 0 unspecified atom stereocenters. The molecule has 2 rings (SSSR count). The fourth-order valence-electron chi connectivity index (χ4n) is 1.98. The molecule has 4 heteroatoms. The maximum atomic E-state index is 11.8. The van der Waals surface area contributed by atoms with Gasteiger partial charge >= 0.3 is 0 Å². The standard InChI is InChI=1S/C10H18N2O.ClH/c1-2-9-7-11-5-6-12(9)10(13)8-3-4-8;/h8-9,11H,2-7H2,1H3;1H/t9-;/m1./s1. The number of hydrogen-bond acceptors (Lipinski definition) is 2. The molecule has 1 heterocycles. The van der Waals surface area contributed by atoms with E-state index in [1.807, 2.05) is 0 Å². The molecule has 0 aromatic carbocycles. The lowest BCUT2D eigenvalue weighted by atomic mass is 10.1. The lowest BCUT2D eigenvalue weighted by Gasteiger charge is -2.35. The summed E-state index contributed by atoms with van der Waals surface area (Å²) in [5.74, 6) is 0.792. The van der Waals surface area contributed by atoms with Crippen LogP contribution in [0, 0.1) is 5.92 Å². The average molecular weight is 219 g/mol. The summed E-state index contributed by atoms with van der Waals surface area (Å²) in [6, 6.07) is 0.446. The Balaban J connectivity index is 0.000000980. The molecule has 1 aliphatic carbocycles. The Morgan fingerprint density at radius 3 is 2.79 bits per heavy atom. The van der Waals surface area contributed by atoms with Crippen LogP contribution in [0.15, 0.2) is 0 Å². The third-order valence-corrected chi connectivity index (χ3v) is 3.03. The highest BCUT2D eigenvalue weighted by Crippen LogP contribution is 2.32. The van der Waals surface area contributed by atoms with Gasteiger partial charge in [0.1, 0.15) is 0 Å². The third kappa shape index (κ3) is 2.39. The second kappa shape index (κ2) is 4.99. The summed E-state index contributed by atoms with van der Waals surface area (Å²) in [6.45, 7) is 5.02. The van der Waals surface area contributed by atoms with Crippen LogP contribution in [0.2, 0.25) is 0 Å². The molecule has 0 bridgehead atoms. The first kappa shape index (κ1) is 11.8. The molecule has 0 radical (unpaired) electrons. The van der Waals surface area contributed by atoms with Crippen molar-refractivity contribution in [3.05, 3.63) is 0 Å². The van der Waals surface area contributed by atoms with Crippen LogP contribution in [0.1, 0.15) is 26.2 Å². The van der Waals surface area contributed by atoms with Crippen molar-refractivity contribution in [3.8, 4) is 0 Å². The summed E-state index contributed by atoms with van der Waals surface area (Å²) in [5, 5.41) is 3.34. The monoisotopic (exact) mass is 218 g/mol. The van der Waals surface area contributed by atoms with Gasteiger partial charge in [-0.15, -0.1) is 12.4 Å². The molecule has 1 saturated heterocycles. The molecule has 2 fully saturated rings. The number of amides is 1. The summed E-state index contributed by atoms with van der Waals surface area (Å²) < 4.78 is 0. The normalized spacial score (nSPS) is 26.9. The van der Waals surface area contributed by atoms with Crippen LogP contribution in [-0.4, -0.2) is 36.5 Å². The van der Waals surface area contributed by atoms with Gasteiger partial charge in [0, 0.05) is 31.6 Å². The first-order chi connectivity index (χ1) is 6.33. The lowest BCUT2D eigenvalue weighted by molar-refractivity contribution is -0.135. The van der Waals surface area contributed by atoms with Gasteiger partial charge in [-0.1, -0.05) is 6.92 Å². The van der Waals surface area contributed by atoms with Crippen LogP contribution in [0.5, 0.6) is 0 Å². The van der Waals surface area contributed by atoms with E-state index in [4.69, 9.17) is 0 Å². The van der Waals surface area contributed by atoms with Crippen molar-refractivity contribution in [3.63, 3.8) is 0 Å². The number of carbonyl (C=O) groups excluding carboxylic acids is 1. The van der Waals surface area contributed by atoms with Crippen molar-refractivity contribution in [1.82, 2.24) is 10.2 Å². The quantitative estimate of drug-likeness (QED) is 0.751. The first-order valence-corrected chi connectivity index (χ1v) is 5.34. The summed E-state index contributed by atoms with van der Waals surface area (Å²) in [5.41, 5.74) is 0. The minimum atomic E-state index is 0. The molecule has 0 aromatic rings. The number of piperazine rings is 1. The Morgan fingerprint density at radius 2 is 2.21 bits per heavy atom. The van der Waals surface area contributed by atoms with Gasteiger partial charge in [0.15, 0.2) is 0 Å². The van der Waals surface area contributed by atoms with E-state index in [2.05, 4.69) is 17.1 Å². The second-order valence-electron chi connectivity index (χ2n) is 4.07. The predicted octanol–water partition coefficient (Wildman–Crippen LogP) is 1.03. The van der Waals surface area contributed by atoms with Crippen LogP contribution in [0.4, 0.5) is 0 Å². The number of hydrogen-bond donors (Lipinski definition) is 1. The summed E-state index contributed by atoms with van der Waals surface area (Å²) in [7, 11) is 0. The van der Waals surface area contributed by atoms with Crippen LogP contribution >= 0.6 is 12.4 Å². The van der Waals surface area contributed by atoms with E-state index in [1.54, 1.807) is 0 Å². The molecule has 14 heavy (non-hydrogen) atoms. The van der Waals surface area contributed by atoms with Gasteiger partial charge in [-0.05, 0) is 19.3 Å². The summed E-state index contributed by atoms with van der Waals surface area (Å²) >= 11 is 0. The van der Waals surface area contributed by atoms with Gasteiger partial charge in [0.2, 0.25) is 5.91 Å². The van der Waals surface area contributed by atoms with E-state index in [-0.39, 0.29) is 12.4 Å². The predicted molar refractivity (Wildman–Crippen MR) is 58.6 cm³/mol. The van der Waals surface area contributed by atoms with Crippen LogP contribution in [-0.2, 0) is 4.79 Å². The van der Waals surface area contributed by atoms with Gasteiger partial charge in [-0.2, -0.15) is 0 Å². The highest BCUT2D eigenvalue weighted by Gasteiger charge is 2.36. The van der Waals surface area contributed by atoms with E-state index in [0.717, 1.165) is 38.9 Å². The smallest absolute Gasteiger partial charge is 0.226 e. The Hall–Kier alpha value is -0.280. The van der Waals surface area contributed by atoms with Crippen LogP contribution in [0.3, 0.4) is 0 Å². The molecule has 1 N–H and O–H groups in total. The zero-order valence-electron chi connectivity index (χ0n) is 8.66. The Bertz CT molecular complexity index is 206. The van der Waals surface area contributed by atoms with Gasteiger partial charge in [-0.3, -0.25) is 4.79 Å². The average Bonchev–Trinajstić information content (AvgIpc) is 3.00. The number of nitrogens with one attached hydrogen (secondary N) is 1. The minimum absolute atomic E-state index is 0. The van der Waals surface area contributed by atoms with Crippen molar-refractivity contribution in [2.24, 2.45) is 5.92 Å². The molecular weight excluding hydrogens is 200 g/mol. The van der Waals surface area contributed by atoms with Crippen LogP contribution in [0.25, 0.3) is 0 Å². The molecule has 1 atom stereocenters. The molecular formula is C10H19ClN2O. The number of nitrogens with zero attached hydrogens (tertiary/aromatic N) is 1. The maximum Gasteiger partial charge on any atom is 0.226 e. The number of halogens is 1. The SMILES string of the molecule is CC[C@@H]1CNCCN1C(=O)C1CC1.Cl. The van der Waals surface area contributed by atoms with Crippen molar-refractivity contribution in [2.45, 2.75) is 32.2 Å². The van der Waals surface area contributed by atoms with Crippen LogP contribution < -0.4 is 5.32 Å². The molecule has 82 valence electrons. The van der Waals surface area contributed by atoms with E-state index < -0.39 is 0 Å². The fraction of sp³-hybridized carbons (Fsp3) is 0.900. The Kier molecular flexibility index (Phi) is 4.20. The highest BCUT2D eigenvalue weighted by molar-refractivity contribution is 5.85. The topological polar surface area (TPSA) is 32.3 Å². The van der Waals surface area contributed by atoms with Gasteiger partial charge in [-0.25, -0.2) is 0 Å². The van der Waals surface area contributed by atoms with E-state index in [0.29, 0.717) is 17.9 Å². The molecule has 1 saturated carbocycles. The van der Waals surface area contributed by atoms with Gasteiger partial charge in [0.25, 0.3) is 0 Å². The van der Waals surface area contributed by atoms with Gasteiger partial charge < -0.3 is 10.2 Å². The van der Waals surface area contributed by atoms with E-state index in [1.165, 1.54) is 0 Å². The molecule has 0 spiro atoms. The first-order valence-electron chi connectivity index (χ1n) is 5.34. The third-order valence-electron chi connectivity index (χ3n) is 3.03. The molecule has 1 amide bonds. The molecule has 1 aliphatic heterocycles.